The molecule has 1 saturated heterocycles. The number of benzene rings is 3. The fraction of sp³-hybridized carbons (Fsp3) is 0.200. The number of halogens is 1. The summed E-state index contributed by atoms with van der Waals surface area (Å²) in [6, 6.07) is 18.7. The molecule has 1 aliphatic heterocycles. The summed E-state index contributed by atoms with van der Waals surface area (Å²) in [6.07, 6.45) is 0. The summed E-state index contributed by atoms with van der Waals surface area (Å²) >= 11 is 0. The van der Waals surface area contributed by atoms with Crippen molar-refractivity contribution < 1.29 is 22.3 Å². The van der Waals surface area contributed by atoms with E-state index in [0.717, 1.165) is 15.0 Å². The van der Waals surface area contributed by atoms with Crippen LogP contribution in [0.4, 0.5) is 10.2 Å². The van der Waals surface area contributed by atoms with Crippen molar-refractivity contribution in [2.75, 3.05) is 31.2 Å². The Bertz CT molecular complexity index is 1460. The van der Waals surface area contributed by atoms with E-state index in [1.165, 1.54) is 36.4 Å². The molecule has 0 saturated carbocycles. The molecule has 0 aliphatic carbocycles. The van der Waals surface area contributed by atoms with E-state index >= 15 is 0 Å². The van der Waals surface area contributed by atoms with E-state index in [1.807, 2.05) is 17.0 Å². The number of fused-ring (bicyclic) bond motifs is 1. The first-order valence-corrected chi connectivity index (χ1v) is 12.6. The first-order valence-electron chi connectivity index (χ1n) is 11.1. The van der Waals surface area contributed by atoms with Gasteiger partial charge in [0, 0.05) is 30.6 Å². The maximum atomic E-state index is 13.5. The molecule has 1 aliphatic rings. The maximum Gasteiger partial charge on any atom is 0.283 e. The number of anilines is 1. The summed E-state index contributed by atoms with van der Waals surface area (Å²) in [7, 11) is -4.00. The van der Waals surface area contributed by atoms with Crippen molar-refractivity contribution in [2.24, 2.45) is 0 Å². The summed E-state index contributed by atoms with van der Waals surface area (Å²) < 4.78 is 46.5. The average molecular weight is 495 g/mol. The number of ether oxygens (including phenoxy) is 1. The smallest absolute Gasteiger partial charge is 0.283 e. The third kappa shape index (κ3) is 4.62. The Morgan fingerprint density at radius 2 is 1.66 bits per heavy atom. The molecule has 0 spiro atoms. The van der Waals surface area contributed by atoms with Crippen LogP contribution in [-0.2, 0) is 21.3 Å². The molecule has 1 amide bonds. The van der Waals surface area contributed by atoms with Gasteiger partial charge in [0.05, 0.1) is 23.6 Å². The minimum Gasteiger partial charge on any atom is -0.378 e. The minimum absolute atomic E-state index is 0.0226. The topological polar surface area (TPSA) is 93.5 Å². The lowest BCUT2D eigenvalue weighted by Gasteiger charge is -2.26. The number of nitrogens with zero attached hydrogens (tertiary/aromatic N) is 3. The second-order valence-corrected chi connectivity index (χ2v) is 9.89. The molecule has 8 nitrogen and oxygen atoms in total. The Hall–Kier alpha value is -3.76. The molecule has 0 bridgehead atoms. The summed E-state index contributed by atoms with van der Waals surface area (Å²) in [5.74, 6) is -0.111. The van der Waals surface area contributed by atoms with Crippen LogP contribution < -0.4 is 10.2 Å². The molecule has 2 heterocycles. The molecule has 4 aromatic rings. The zero-order chi connectivity index (χ0) is 24.4. The molecule has 180 valence electrons. The second kappa shape index (κ2) is 9.47. The summed E-state index contributed by atoms with van der Waals surface area (Å²) in [6.45, 7) is 2.59. The Balaban J connectivity index is 1.39. The van der Waals surface area contributed by atoms with Crippen LogP contribution in [0.5, 0.6) is 0 Å². The van der Waals surface area contributed by atoms with E-state index in [2.05, 4.69) is 10.4 Å². The highest BCUT2D eigenvalue weighted by atomic mass is 32.2. The highest BCUT2D eigenvalue weighted by Gasteiger charge is 2.26. The molecule has 1 aromatic heterocycles. The summed E-state index contributed by atoms with van der Waals surface area (Å²) in [5.41, 5.74) is 1.54. The molecule has 1 N–H and O–H groups in total. The van der Waals surface area contributed by atoms with Crippen molar-refractivity contribution >= 4 is 32.7 Å². The first kappa shape index (κ1) is 23.0. The number of para-hydroxylation sites is 1. The van der Waals surface area contributed by atoms with Crippen LogP contribution in [0.25, 0.3) is 10.9 Å². The molecule has 0 radical (unpaired) electrons. The van der Waals surface area contributed by atoms with Crippen LogP contribution in [0.2, 0.25) is 0 Å². The van der Waals surface area contributed by atoms with Gasteiger partial charge in [0.15, 0.2) is 5.82 Å². The van der Waals surface area contributed by atoms with E-state index in [4.69, 9.17) is 4.74 Å². The fourth-order valence-electron chi connectivity index (χ4n) is 3.98. The number of rotatable bonds is 6. The molecule has 5 rings (SSSR count). The molecule has 3 aromatic carbocycles. The predicted molar refractivity (Wildman–Crippen MR) is 129 cm³/mol. The number of aromatic nitrogens is 2. The number of hydrogen-bond donors (Lipinski definition) is 1. The van der Waals surface area contributed by atoms with Crippen LogP contribution in [0.1, 0.15) is 15.9 Å². The van der Waals surface area contributed by atoms with E-state index in [-0.39, 0.29) is 23.2 Å². The number of nitrogens with one attached hydrogen (secondary N) is 1. The van der Waals surface area contributed by atoms with Gasteiger partial charge in [-0.05, 0) is 54.1 Å². The minimum atomic E-state index is -4.00. The van der Waals surface area contributed by atoms with Crippen molar-refractivity contribution in [1.29, 1.82) is 0 Å². The van der Waals surface area contributed by atoms with Gasteiger partial charge in [0.2, 0.25) is 0 Å². The average Bonchev–Trinajstić information content (AvgIpc) is 3.29. The van der Waals surface area contributed by atoms with Gasteiger partial charge in [-0.1, -0.05) is 24.3 Å². The Kier molecular flexibility index (Phi) is 6.23. The third-order valence-corrected chi connectivity index (χ3v) is 7.46. The zero-order valence-electron chi connectivity index (χ0n) is 18.7. The fourth-order valence-corrected chi connectivity index (χ4v) is 5.26. The number of carbonyl (C=O) groups excluding carboxylic acids is 1. The molecule has 0 atom stereocenters. The van der Waals surface area contributed by atoms with Crippen LogP contribution in [0.3, 0.4) is 0 Å². The van der Waals surface area contributed by atoms with Crippen LogP contribution in [-0.4, -0.2) is 49.8 Å². The lowest BCUT2D eigenvalue weighted by Crippen LogP contribution is -2.36. The molecule has 10 heteroatoms. The molecule has 0 unspecified atom stereocenters. The van der Waals surface area contributed by atoms with Crippen molar-refractivity contribution in [3.05, 3.63) is 89.7 Å². The van der Waals surface area contributed by atoms with Crippen LogP contribution in [0.15, 0.2) is 77.7 Å². The highest BCUT2D eigenvalue weighted by molar-refractivity contribution is 7.90. The predicted octanol–water partition coefficient (Wildman–Crippen LogP) is 3.18. The second-order valence-electron chi connectivity index (χ2n) is 8.12. The van der Waals surface area contributed by atoms with E-state index in [1.54, 1.807) is 24.3 Å². The SMILES string of the molecule is O=C(NCc1ccc(F)cc1)c1ccc(S(=O)(=O)n2nc(N3CCOCC3)c3ccccc32)cc1. The Morgan fingerprint density at radius 3 is 2.37 bits per heavy atom. The third-order valence-electron chi connectivity index (χ3n) is 5.86. The van der Waals surface area contributed by atoms with E-state index in [9.17, 15) is 17.6 Å². The van der Waals surface area contributed by atoms with Crippen molar-refractivity contribution in [1.82, 2.24) is 14.5 Å². The quantitative estimate of drug-likeness (QED) is 0.443. The van der Waals surface area contributed by atoms with Gasteiger partial charge in [-0.2, -0.15) is 12.5 Å². The van der Waals surface area contributed by atoms with E-state index < -0.39 is 10.0 Å². The maximum absolute atomic E-state index is 13.5. The van der Waals surface area contributed by atoms with E-state index in [0.29, 0.717) is 43.2 Å². The van der Waals surface area contributed by atoms with Crippen molar-refractivity contribution in [3.63, 3.8) is 0 Å². The molecular weight excluding hydrogens is 471 g/mol. The van der Waals surface area contributed by atoms with Crippen LogP contribution in [0, 0.1) is 5.82 Å². The molecular formula is C25H23FN4O4S. The van der Waals surface area contributed by atoms with Gasteiger partial charge in [0.1, 0.15) is 5.82 Å². The number of hydrogen-bond acceptors (Lipinski definition) is 6. The highest BCUT2D eigenvalue weighted by Crippen LogP contribution is 2.29. The van der Waals surface area contributed by atoms with Gasteiger partial charge in [-0.15, -0.1) is 5.10 Å². The zero-order valence-corrected chi connectivity index (χ0v) is 19.5. The lowest BCUT2D eigenvalue weighted by molar-refractivity contribution is 0.0950. The first-order chi connectivity index (χ1) is 16.9. The van der Waals surface area contributed by atoms with Crippen molar-refractivity contribution in [3.8, 4) is 0 Å². The Morgan fingerprint density at radius 1 is 0.971 bits per heavy atom. The van der Waals surface area contributed by atoms with Crippen LogP contribution >= 0.6 is 0 Å². The molecule has 35 heavy (non-hydrogen) atoms. The summed E-state index contributed by atoms with van der Waals surface area (Å²) in [4.78, 5) is 14.5. The van der Waals surface area contributed by atoms with Gasteiger partial charge in [-0.25, -0.2) is 4.39 Å². The number of amides is 1. The standard InChI is InChI=1S/C25H23FN4O4S/c26-20-9-5-18(6-10-20)17-27-25(31)19-7-11-21(12-8-19)35(32,33)30-23-4-2-1-3-22(23)24(28-30)29-13-15-34-16-14-29/h1-12H,13-17H2,(H,27,31). The molecule has 1 fully saturated rings. The normalized spacial score (nSPS) is 14.3. The number of morpholine rings is 1. The monoisotopic (exact) mass is 494 g/mol. The largest absolute Gasteiger partial charge is 0.378 e. The van der Waals surface area contributed by atoms with Gasteiger partial charge >= 0.3 is 0 Å². The summed E-state index contributed by atoms with van der Waals surface area (Å²) in [5, 5.41) is 7.97. The van der Waals surface area contributed by atoms with Crippen molar-refractivity contribution in [2.45, 2.75) is 11.4 Å². The lowest BCUT2D eigenvalue weighted by atomic mass is 10.2. The van der Waals surface area contributed by atoms with Gasteiger partial charge < -0.3 is 15.0 Å². The van der Waals surface area contributed by atoms with Gasteiger partial charge in [0.25, 0.3) is 15.9 Å². The van der Waals surface area contributed by atoms with Gasteiger partial charge in [-0.3, -0.25) is 4.79 Å². The number of carbonyl (C=O) groups is 1. The Labute approximate surface area is 202 Å².